The van der Waals surface area contributed by atoms with Gasteiger partial charge >= 0.3 is 12.0 Å². The van der Waals surface area contributed by atoms with Crippen LogP contribution in [0.15, 0.2) is 0 Å². The number of nitrogens with one attached hydrogen (secondary N) is 1. The molecule has 1 heterocycles. The van der Waals surface area contributed by atoms with Crippen molar-refractivity contribution in [1.29, 1.82) is 0 Å². The first-order valence-corrected chi connectivity index (χ1v) is 6.44. The Morgan fingerprint density at radius 1 is 1.56 bits per heavy atom. The topological polar surface area (TPSA) is 69.6 Å². The predicted octanol–water partition coefficient (Wildman–Crippen LogP) is 1.20. The highest BCUT2D eigenvalue weighted by Gasteiger charge is 2.42. The molecule has 2 amide bonds. The third-order valence-electron chi connectivity index (χ3n) is 2.45. The van der Waals surface area contributed by atoms with Crippen LogP contribution in [0, 0.1) is 5.92 Å². The highest BCUT2D eigenvalue weighted by molar-refractivity contribution is 8.00. The van der Waals surface area contributed by atoms with Crippen LogP contribution in [-0.2, 0) is 4.79 Å². The zero-order valence-corrected chi connectivity index (χ0v) is 10.6. The molecule has 0 aliphatic carbocycles. The molecule has 0 aromatic heterocycles. The molecule has 5 nitrogen and oxygen atoms in total. The van der Waals surface area contributed by atoms with Gasteiger partial charge in [-0.25, -0.2) is 9.59 Å². The molecule has 16 heavy (non-hydrogen) atoms. The number of amides is 2. The standard InChI is InChI=1S/C10H18N2O3S/c1-4-11-10(15)12-7(9(13)14)5-16-8(12)6(2)3/h6-8H,4-5H2,1-3H3,(H,11,15)(H,13,14). The lowest BCUT2D eigenvalue weighted by Gasteiger charge is -2.29. The van der Waals surface area contributed by atoms with Crippen molar-refractivity contribution in [1.82, 2.24) is 10.2 Å². The van der Waals surface area contributed by atoms with Crippen LogP contribution in [-0.4, -0.2) is 45.7 Å². The number of carbonyl (C=O) groups excluding carboxylic acids is 1. The van der Waals surface area contributed by atoms with Crippen LogP contribution >= 0.6 is 11.8 Å². The molecule has 0 saturated carbocycles. The van der Waals surface area contributed by atoms with Crippen molar-refractivity contribution >= 4 is 23.8 Å². The highest BCUT2D eigenvalue weighted by Crippen LogP contribution is 2.33. The largest absolute Gasteiger partial charge is 0.480 e. The lowest BCUT2D eigenvalue weighted by molar-refractivity contribution is -0.141. The van der Waals surface area contributed by atoms with Crippen molar-refractivity contribution in [3.8, 4) is 0 Å². The molecule has 0 spiro atoms. The Labute approximate surface area is 99.6 Å². The molecule has 1 fully saturated rings. The minimum Gasteiger partial charge on any atom is -0.480 e. The smallest absolute Gasteiger partial charge is 0.327 e. The van der Waals surface area contributed by atoms with Gasteiger partial charge in [0.25, 0.3) is 0 Å². The maximum atomic E-state index is 11.8. The molecule has 2 atom stereocenters. The minimum atomic E-state index is -0.929. The summed E-state index contributed by atoms with van der Waals surface area (Å²) in [6.45, 7) is 6.32. The molecule has 1 aliphatic heterocycles. The molecular weight excluding hydrogens is 228 g/mol. The first kappa shape index (κ1) is 13.2. The SMILES string of the molecule is CCNC(=O)N1C(C(=O)O)CSC1C(C)C. The quantitative estimate of drug-likeness (QED) is 0.785. The van der Waals surface area contributed by atoms with Crippen LogP contribution in [0.5, 0.6) is 0 Å². The van der Waals surface area contributed by atoms with Gasteiger partial charge in [0, 0.05) is 12.3 Å². The highest BCUT2D eigenvalue weighted by atomic mass is 32.2. The van der Waals surface area contributed by atoms with Crippen LogP contribution < -0.4 is 5.32 Å². The van der Waals surface area contributed by atoms with Gasteiger partial charge in [-0.3, -0.25) is 4.90 Å². The van der Waals surface area contributed by atoms with Gasteiger partial charge in [0.2, 0.25) is 0 Å². The molecular formula is C10H18N2O3S. The van der Waals surface area contributed by atoms with Crippen molar-refractivity contribution in [2.24, 2.45) is 5.92 Å². The Hall–Kier alpha value is -0.910. The summed E-state index contributed by atoms with van der Waals surface area (Å²) in [6.07, 6.45) is 0. The van der Waals surface area contributed by atoms with Crippen LogP contribution in [0.4, 0.5) is 4.79 Å². The number of nitrogens with zero attached hydrogens (tertiary/aromatic N) is 1. The van der Waals surface area contributed by atoms with Gasteiger partial charge in [-0.2, -0.15) is 0 Å². The summed E-state index contributed by atoms with van der Waals surface area (Å²) in [7, 11) is 0. The number of carboxylic acids is 1. The fourth-order valence-electron chi connectivity index (χ4n) is 1.73. The van der Waals surface area contributed by atoms with E-state index in [2.05, 4.69) is 5.32 Å². The van der Waals surface area contributed by atoms with Crippen LogP contribution in [0.25, 0.3) is 0 Å². The van der Waals surface area contributed by atoms with E-state index in [0.717, 1.165) is 0 Å². The fourth-order valence-corrected chi connectivity index (χ4v) is 3.20. The average molecular weight is 246 g/mol. The summed E-state index contributed by atoms with van der Waals surface area (Å²) in [5, 5.41) is 11.7. The fraction of sp³-hybridized carbons (Fsp3) is 0.800. The summed E-state index contributed by atoms with van der Waals surface area (Å²) >= 11 is 1.53. The van der Waals surface area contributed by atoms with Gasteiger partial charge in [-0.15, -0.1) is 11.8 Å². The van der Waals surface area contributed by atoms with Gasteiger partial charge in [0.05, 0.1) is 5.37 Å². The van der Waals surface area contributed by atoms with Crippen LogP contribution in [0.3, 0.4) is 0 Å². The zero-order valence-electron chi connectivity index (χ0n) is 9.77. The van der Waals surface area contributed by atoms with E-state index in [1.807, 2.05) is 20.8 Å². The summed E-state index contributed by atoms with van der Waals surface area (Å²) in [5.74, 6) is -0.214. The number of carboxylic acid groups (broad SMARTS) is 1. The van der Waals surface area contributed by atoms with E-state index in [1.165, 1.54) is 16.7 Å². The maximum Gasteiger partial charge on any atom is 0.327 e. The van der Waals surface area contributed by atoms with E-state index < -0.39 is 12.0 Å². The van der Waals surface area contributed by atoms with Crippen molar-refractivity contribution < 1.29 is 14.7 Å². The van der Waals surface area contributed by atoms with E-state index in [9.17, 15) is 9.59 Å². The third kappa shape index (κ3) is 2.61. The summed E-state index contributed by atoms with van der Waals surface area (Å²) < 4.78 is 0. The molecule has 2 unspecified atom stereocenters. The van der Waals surface area contributed by atoms with Crippen molar-refractivity contribution in [3.05, 3.63) is 0 Å². The summed E-state index contributed by atoms with van der Waals surface area (Å²) in [4.78, 5) is 24.3. The van der Waals surface area contributed by atoms with Crippen LogP contribution in [0.2, 0.25) is 0 Å². The molecule has 2 N–H and O–H groups in total. The normalized spacial score (nSPS) is 24.9. The first-order valence-electron chi connectivity index (χ1n) is 5.39. The molecule has 0 aromatic rings. The van der Waals surface area contributed by atoms with Crippen molar-refractivity contribution in [2.75, 3.05) is 12.3 Å². The van der Waals surface area contributed by atoms with E-state index >= 15 is 0 Å². The van der Waals surface area contributed by atoms with Gasteiger partial charge in [-0.05, 0) is 12.8 Å². The second-order valence-electron chi connectivity index (χ2n) is 4.06. The number of hydrogen-bond donors (Lipinski definition) is 2. The zero-order chi connectivity index (χ0) is 12.3. The second kappa shape index (κ2) is 5.43. The summed E-state index contributed by atoms with van der Waals surface area (Å²) in [5.41, 5.74) is 0. The number of urea groups is 1. The van der Waals surface area contributed by atoms with E-state index in [1.54, 1.807) is 0 Å². The lowest BCUT2D eigenvalue weighted by Crippen LogP contribution is -2.51. The van der Waals surface area contributed by atoms with Gasteiger partial charge in [0.1, 0.15) is 6.04 Å². The number of carbonyl (C=O) groups is 2. The van der Waals surface area contributed by atoms with Gasteiger partial charge in [-0.1, -0.05) is 13.8 Å². The molecule has 0 aromatic carbocycles. The lowest BCUT2D eigenvalue weighted by atomic mass is 10.2. The Morgan fingerprint density at radius 3 is 2.62 bits per heavy atom. The minimum absolute atomic E-state index is 0.0485. The van der Waals surface area contributed by atoms with E-state index in [-0.39, 0.29) is 17.3 Å². The van der Waals surface area contributed by atoms with E-state index in [4.69, 9.17) is 5.11 Å². The first-order chi connectivity index (χ1) is 7.49. The Kier molecular flexibility index (Phi) is 4.46. The second-order valence-corrected chi connectivity index (χ2v) is 5.21. The molecule has 1 saturated heterocycles. The molecule has 0 bridgehead atoms. The molecule has 1 rings (SSSR count). The predicted molar refractivity (Wildman–Crippen MR) is 63.4 cm³/mol. The van der Waals surface area contributed by atoms with Gasteiger partial charge in [0.15, 0.2) is 0 Å². The average Bonchev–Trinajstić information content (AvgIpc) is 2.61. The van der Waals surface area contributed by atoms with E-state index in [0.29, 0.717) is 12.3 Å². The van der Waals surface area contributed by atoms with Crippen molar-refractivity contribution in [2.45, 2.75) is 32.2 Å². The number of aliphatic carboxylic acids is 1. The Balaban J connectivity index is 2.84. The monoisotopic (exact) mass is 246 g/mol. The molecule has 92 valence electrons. The maximum absolute atomic E-state index is 11.8. The Morgan fingerprint density at radius 2 is 2.19 bits per heavy atom. The van der Waals surface area contributed by atoms with Crippen molar-refractivity contribution in [3.63, 3.8) is 0 Å². The number of thioether (sulfide) groups is 1. The molecule has 0 radical (unpaired) electrons. The number of hydrogen-bond acceptors (Lipinski definition) is 3. The molecule has 6 heteroatoms. The third-order valence-corrected chi connectivity index (χ3v) is 4.07. The van der Waals surface area contributed by atoms with Gasteiger partial charge < -0.3 is 10.4 Å². The number of rotatable bonds is 3. The van der Waals surface area contributed by atoms with Crippen LogP contribution in [0.1, 0.15) is 20.8 Å². The molecule has 1 aliphatic rings. The summed E-state index contributed by atoms with van der Waals surface area (Å²) in [6, 6.07) is -0.984. The Bertz CT molecular complexity index is 283.